The Kier molecular flexibility index (Phi) is 51.8. The summed E-state index contributed by atoms with van der Waals surface area (Å²) in [5.74, 6) is -0.896. The van der Waals surface area contributed by atoms with Gasteiger partial charge in [0.25, 0.3) is 0 Å². The van der Waals surface area contributed by atoms with Crippen molar-refractivity contribution in [3.63, 3.8) is 0 Å². The van der Waals surface area contributed by atoms with Gasteiger partial charge in [-0.3, -0.25) is 14.4 Å². The van der Waals surface area contributed by atoms with E-state index in [0.29, 0.717) is 19.3 Å². The lowest BCUT2D eigenvalue weighted by Crippen LogP contribution is -2.30. The van der Waals surface area contributed by atoms with Crippen molar-refractivity contribution >= 4 is 17.9 Å². The maximum Gasteiger partial charge on any atom is 0.306 e. The van der Waals surface area contributed by atoms with Gasteiger partial charge < -0.3 is 14.2 Å². The highest BCUT2D eigenvalue weighted by Gasteiger charge is 2.19. The Balaban J connectivity index is 4.39. The zero-order valence-electron chi connectivity index (χ0n) is 43.3. The molecular formula is C59H106O6. The molecule has 378 valence electrons. The summed E-state index contributed by atoms with van der Waals surface area (Å²) in [4.78, 5) is 38.1. The summed E-state index contributed by atoms with van der Waals surface area (Å²) >= 11 is 0. The Hall–Kier alpha value is -2.63. The third-order valence-electron chi connectivity index (χ3n) is 12.3. The van der Waals surface area contributed by atoms with Gasteiger partial charge in [-0.2, -0.15) is 0 Å². The molecule has 65 heavy (non-hydrogen) atoms. The van der Waals surface area contributed by atoms with E-state index in [9.17, 15) is 14.4 Å². The normalized spacial score (nSPS) is 12.4. The second-order valence-corrected chi connectivity index (χ2v) is 18.8. The van der Waals surface area contributed by atoms with E-state index in [1.807, 2.05) is 0 Å². The Bertz CT molecular complexity index is 1140. The van der Waals surface area contributed by atoms with Gasteiger partial charge in [0.1, 0.15) is 13.2 Å². The molecule has 0 fully saturated rings. The van der Waals surface area contributed by atoms with Gasteiger partial charge in [-0.25, -0.2) is 0 Å². The molecular weight excluding hydrogens is 805 g/mol. The van der Waals surface area contributed by atoms with Crippen LogP contribution in [-0.2, 0) is 28.6 Å². The minimum atomic E-state index is -0.784. The van der Waals surface area contributed by atoms with Crippen LogP contribution in [0.2, 0.25) is 0 Å². The summed E-state index contributed by atoms with van der Waals surface area (Å²) in [6, 6.07) is 0. The number of rotatable bonds is 51. The number of hydrogen-bond acceptors (Lipinski definition) is 6. The molecule has 0 amide bonds. The summed E-state index contributed by atoms with van der Waals surface area (Å²) in [5, 5.41) is 0. The van der Waals surface area contributed by atoms with Crippen LogP contribution in [-0.4, -0.2) is 37.2 Å². The summed E-state index contributed by atoms with van der Waals surface area (Å²) in [7, 11) is 0. The van der Waals surface area contributed by atoms with E-state index in [0.717, 1.165) is 103 Å². The van der Waals surface area contributed by atoms with Crippen LogP contribution in [0.25, 0.3) is 0 Å². The third-order valence-corrected chi connectivity index (χ3v) is 12.3. The lowest BCUT2D eigenvalue weighted by atomic mass is 10.0. The minimum absolute atomic E-state index is 0.0807. The third kappa shape index (κ3) is 52.2. The summed E-state index contributed by atoms with van der Waals surface area (Å²) in [6.45, 7) is 6.59. The van der Waals surface area contributed by atoms with Gasteiger partial charge in [-0.1, -0.05) is 236 Å². The van der Waals surface area contributed by atoms with Crippen molar-refractivity contribution in [1.82, 2.24) is 0 Å². The van der Waals surface area contributed by atoms with Crippen LogP contribution in [0, 0.1) is 0 Å². The molecule has 0 saturated heterocycles. The fraction of sp³-hybridized carbons (Fsp3) is 0.814. The van der Waals surface area contributed by atoms with Crippen LogP contribution in [0.15, 0.2) is 48.6 Å². The summed E-state index contributed by atoms with van der Waals surface area (Å²) in [5.41, 5.74) is 0. The molecule has 0 spiro atoms. The van der Waals surface area contributed by atoms with E-state index in [4.69, 9.17) is 14.2 Å². The number of carbonyl (C=O) groups is 3. The Labute approximate surface area is 403 Å². The van der Waals surface area contributed by atoms with Crippen LogP contribution in [0.3, 0.4) is 0 Å². The molecule has 0 radical (unpaired) electrons. The first-order valence-corrected chi connectivity index (χ1v) is 28.1. The van der Waals surface area contributed by atoms with Gasteiger partial charge in [0.2, 0.25) is 0 Å². The van der Waals surface area contributed by atoms with Crippen molar-refractivity contribution in [2.45, 2.75) is 297 Å². The number of hydrogen-bond donors (Lipinski definition) is 0. The molecule has 0 aliphatic carbocycles. The van der Waals surface area contributed by atoms with Crippen LogP contribution >= 0.6 is 0 Å². The van der Waals surface area contributed by atoms with Crippen LogP contribution in [0.5, 0.6) is 0 Å². The number of carbonyl (C=O) groups excluding carboxylic acids is 3. The Morgan fingerprint density at radius 2 is 0.554 bits per heavy atom. The molecule has 0 unspecified atom stereocenters. The molecule has 0 aliphatic heterocycles. The first kappa shape index (κ1) is 62.4. The van der Waals surface area contributed by atoms with E-state index in [2.05, 4.69) is 69.4 Å². The van der Waals surface area contributed by atoms with E-state index < -0.39 is 6.10 Å². The lowest BCUT2D eigenvalue weighted by molar-refractivity contribution is -0.167. The fourth-order valence-electron chi connectivity index (χ4n) is 8.03. The molecule has 6 heteroatoms. The molecule has 0 aromatic heterocycles. The zero-order chi connectivity index (χ0) is 47.2. The first-order valence-electron chi connectivity index (χ1n) is 28.1. The predicted molar refractivity (Wildman–Crippen MR) is 279 cm³/mol. The average Bonchev–Trinajstić information content (AvgIpc) is 3.30. The fourth-order valence-corrected chi connectivity index (χ4v) is 8.03. The highest BCUT2D eigenvalue weighted by Crippen LogP contribution is 2.16. The second-order valence-electron chi connectivity index (χ2n) is 18.8. The van der Waals surface area contributed by atoms with Crippen molar-refractivity contribution in [3.05, 3.63) is 48.6 Å². The molecule has 0 rings (SSSR count). The van der Waals surface area contributed by atoms with E-state index in [1.54, 1.807) is 0 Å². The number of esters is 3. The smallest absolute Gasteiger partial charge is 0.306 e. The maximum atomic E-state index is 12.8. The standard InChI is InChI=1S/C59H106O6/c1-4-7-10-13-16-19-22-25-28-29-32-34-37-40-43-46-49-52-58(61)64-55-56(65-59(62)53-50-47-44-41-38-35-31-27-24-21-18-15-12-9-6-3)54-63-57(60)51-48-45-42-39-36-33-30-26-23-20-17-14-11-8-5-2/h17-18,20-21,26-27,30-31,56H,4-16,19,22-25,28-29,32-55H2,1-3H3/b20-17-,21-18-,30-26-,31-27-/t56-/m0/s1. The second kappa shape index (κ2) is 54.0. The Morgan fingerprint density at radius 1 is 0.308 bits per heavy atom. The van der Waals surface area contributed by atoms with Gasteiger partial charge in [-0.05, 0) is 83.5 Å². The first-order chi connectivity index (χ1) is 32.0. The summed E-state index contributed by atoms with van der Waals surface area (Å²) in [6.07, 6.45) is 65.2. The number of ether oxygens (including phenoxy) is 3. The van der Waals surface area contributed by atoms with Gasteiger partial charge in [0.05, 0.1) is 0 Å². The van der Waals surface area contributed by atoms with Gasteiger partial charge in [0, 0.05) is 19.3 Å². The van der Waals surface area contributed by atoms with Gasteiger partial charge in [0.15, 0.2) is 6.10 Å². The molecule has 0 aromatic rings. The molecule has 0 aromatic carbocycles. The van der Waals surface area contributed by atoms with Crippen molar-refractivity contribution in [3.8, 4) is 0 Å². The lowest BCUT2D eigenvalue weighted by Gasteiger charge is -2.18. The van der Waals surface area contributed by atoms with Crippen molar-refractivity contribution < 1.29 is 28.6 Å². The van der Waals surface area contributed by atoms with Crippen LogP contribution in [0.1, 0.15) is 290 Å². The van der Waals surface area contributed by atoms with Crippen molar-refractivity contribution in [1.29, 1.82) is 0 Å². The molecule has 0 N–H and O–H groups in total. The molecule has 6 nitrogen and oxygen atoms in total. The quantitative estimate of drug-likeness (QED) is 0.0262. The molecule has 0 saturated carbocycles. The minimum Gasteiger partial charge on any atom is -0.462 e. The Morgan fingerprint density at radius 3 is 0.877 bits per heavy atom. The molecule has 0 aliphatic rings. The van der Waals surface area contributed by atoms with Crippen molar-refractivity contribution in [2.24, 2.45) is 0 Å². The number of unbranched alkanes of at least 4 members (excludes halogenated alkanes) is 32. The molecule has 0 bridgehead atoms. The topological polar surface area (TPSA) is 78.9 Å². The van der Waals surface area contributed by atoms with E-state index in [-0.39, 0.29) is 31.1 Å². The summed E-state index contributed by atoms with van der Waals surface area (Å²) < 4.78 is 16.8. The SMILES string of the molecule is CCCCC/C=C\C/C=C\CCCCCCCC(=O)OC[C@@H](COC(=O)CCCCCCCCCCCCCCCCCCC)OC(=O)CCCCCCC/C=C\C/C=C\CCCCC. The highest BCUT2D eigenvalue weighted by molar-refractivity contribution is 5.71. The molecule has 1 atom stereocenters. The monoisotopic (exact) mass is 911 g/mol. The maximum absolute atomic E-state index is 12.8. The van der Waals surface area contributed by atoms with Gasteiger partial charge >= 0.3 is 17.9 Å². The number of allylic oxidation sites excluding steroid dienone is 8. The van der Waals surface area contributed by atoms with Gasteiger partial charge in [-0.15, -0.1) is 0 Å². The molecule has 0 heterocycles. The largest absolute Gasteiger partial charge is 0.462 e. The van der Waals surface area contributed by atoms with Crippen LogP contribution < -0.4 is 0 Å². The predicted octanol–water partition coefficient (Wildman–Crippen LogP) is 18.7. The highest BCUT2D eigenvalue weighted by atomic mass is 16.6. The van der Waals surface area contributed by atoms with E-state index in [1.165, 1.54) is 148 Å². The van der Waals surface area contributed by atoms with Crippen LogP contribution in [0.4, 0.5) is 0 Å². The average molecular weight is 911 g/mol. The van der Waals surface area contributed by atoms with Crippen molar-refractivity contribution in [2.75, 3.05) is 13.2 Å². The van der Waals surface area contributed by atoms with E-state index >= 15 is 0 Å². The zero-order valence-corrected chi connectivity index (χ0v) is 43.3.